The number of nitrogens with zero attached hydrogens (tertiary/aromatic N) is 1. The minimum absolute atomic E-state index is 0.0440. The fourth-order valence-electron chi connectivity index (χ4n) is 10.3. The van der Waals surface area contributed by atoms with Crippen LogP contribution in [0.4, 0.5) is 0 Å². The highest BCUT2D eigenvalue weighted by molar-refractivity contribution is 6.39. The monoisotopic (exact) mass is 972 g/mol. The van der Waals surface area contributed by atoms with Gasteiger partial charge in [-0.15, -0.1) is 0 Å². The number of Topliss-reactive ketones (excluding diaryl/α,β-unsaturated/α-hetero) is 3. The van der Waals surface area contributed by atoms with Crippen molar-refractivity contribution >= 4 is 29.2 Å². The summed E-state index contributed by atoms with van der Waals surface area (Å²) in [6.45, 7) is 16.3. The number of carbonyl (C=O) groups is 5. The number of esters is 1. The number of aliphatic hydroxyl groups is 3. The van der Waals surface area contributed by atoms with E-state index in [9.17, 15) is 39.3 Å². The summed E-state index contributed by atoms with van der Waals surface area (Å²) in [7, 11) is 2.95. The van der Waals surface area contributed by atoms with Crippen molar-refractivity contribution in [2.45, 2.75) is 193 Å². The van der Waals surface area contributed by atoms with Crippen LogP contribution in [0.2, 0.25) is 0 Å². The lowest BCUT2D eigenvalue weighted by Crippen LogP contribution is -2.59. The van der Waals surface area contributed by atoms with E-state index in [1.807, 2.05) is 51.2 Å². The molecule has 1 amide bonds. The molecule has 15 heteroatoms. The maximum atomic E-state index is 14.1. The van der Waals surface area contributed by atoms with Crippen molar-refractivity contribution in [3.05, 3.63) is 47.6 Å². The van der Waals surface area contributed by atoms with Gasteiger partial charge in [-0.05, 0) is 120 Å². The van der Waals surface area contributed by atoms with Crippen LogP contribution in [0.25, 0.3) is 0 Å². The molecule has 69 heavy (non-hydrogen) atoms. The summed E-state index contributed by atoms with van der Waals surface area (Å²) in [6, 6.07) is -1.10. The number of carbonyl (C=O) groups excluding carboxylic acids is 5. The zero-order valence-electron chi connectivity index (χ0n) is 43.2. The van der Waals surface area contributed by atoms with E-state index >= 15 is 0 Å². The van der Waals surface area contributed by atoms with Crippen LogP contribution in [0.15, 0.2) is 47.6 Å². The lowest BCUT2D eigenvalue weighted by atomic mass is 9.78. The van der Waals surface area contributed by atoms with Gasteiger partial charge in [0.1, 0.15) is 30.1 Å². The van der Waals surface area contributed by atoms with Gasteiger partial charge in [-0.3, -0.25) is 19.2 Å². The number of likely N-dealkylation sites (tertiary alicyclic amines) is 1. The topological polar surface area (TPSA) is 205 Å². The molecule has 0 bridgehead atoms. The molecule has 1 saturated carbocycles. The molecular formula is C54H85NO14. The molecule has 13 atom stereocenters. The van der Waals surface area contributed by atoms with Crippen molar-refractivity contribution in [1.29, 1.82) is 0 Å². The molecular weight excluding hydrogens is 887 g/mol. The summed E-state index contributed by atoms with van der Waals surface area (Å²) in [5, 5.41) is 33.2. The van der Waals surface area contributed by atoms with E-state index in [2.05, 4.69) is 13.8 Å². The van der Waals surface area contributed by atoms with Crippen LogP contribution in [-0.4, -0.2) is 144 Å². The lowest BCUT2D eigenvalue weighted by Gasteiger charge is -2.39. The molecule has 7 unspecified atom stereocenters. The zero-order valence-corrected chi connectivity index (χ0v) is 43.2. The van der Waals surface area contributed by atoms with E-state index < -0.39 is 65.2 Å². The number of aliphatic hydroxyl groups excluding tert-OH is 2. The Bertz CT molecular complexity index is 1840. The van der Waals surface area contributed by atoms with Crippen LogP contribution in [0.5, 0.6) is 0 Å². The van der Waals surface area contributed by atoms with Gasteiger partial charge in [-0.1, -0.05) is 71.1 Å². The van der Waals surface area contributed by atoms with E-state index in [1.54, 1.807) is 34.0 Å². The van der Waals surface area contributed by atoms with Gasteiger partial charge in [0.25, 0.3) is 11.7 Å². The molecule has 0 aromatic carbocycles. The summed E-state index contributed by atoms with van der Waals surface area (Å²) in [5.41, 5.74) is -0.0878. The largest absolute Gasteiger partial charge is 0.460 e. The number of rotatable bonds is 26. The molecule has 4 aliphatic rings. The summed E-state index contributed by atoms with van der Waals surface area (Å²) < 4.78 is 34.2. The Morgan fingerprint density at radius 2 is 1.68 bits per heavy atom. The Morgan fingerprint density at radius 3 is 2.32 bits per heavy atom. The summed E-state index contributed by atoms with van der Waals surface area (Å²) >= 11 is 0. The Labute approximate surface area is 411 Å². The predicted octanol–water partition coefficient (Wildman–Crippen LogP) is 6.73. The third kappa shape index (κ3) is 15.8. The molecule has 4 fully saturated rings. The fourth-order valence-corrected chi connectivity index (χ4v) is 10.3. The molecule has 1 aliphatic carbocycles. The van der Waals surface area contributed by atoms with Gasteiger partial charge >= 0.3 is 5.97 Å². The average molecular weight is 972 g/mol. The van der Waals surface area contributed by atoms with Crippen LogP contribution in [-0.2, 0) is 52.4 Å². The molecule has 390 valence electrons. The van der Waals surface area contributed by atoms with Gasteiger partial charge in [-0.25, -0.2) is 4.79 Å². The first kappa shape index (κ1) is 58.2. The Kier molecular flexibility index (Phi) is 23.1. The van der Waals surface area contributed by atoms with E-state index in [4.69, 9.17) is 28.4 Å². The molecule has 15 nitrogen and oxygen atoms in total. The second-order valence-corrected chi connectivity index (χ2v) is 20.6. The maximum Gasteiger partial charge on any atom is 0.329 e. The molecule has 3 heterocycles. The van der Waals surface area contributed by atoms with Crippen LogP contribution < -0.4 is 0 Å². The average Bonchev–Trinajstić information content (AvgIpc) is 3.32. The van der Waals surface area contributed by atoms with Crippen molar-refractivity contribution in [2.24, 2.45) is 29.6 Å². The molecule has 0 spiro atoms. The first-order chi connectivity index (χ1) is 32.7. The number of hydrogen-bond acceptors (Lipinski definition) is 14. The molecule has 0 radical (unpaired) electrons. The van der Waals surface area contributed by atoms with Crippen molar-refractivity contribution < 1.29 is 67.7 Å². The van der Waals surface area contributed by atoms with Crippen LogP contribution in [0.1, 0.15) is 139 Å². The van der Waals surface area contributed by atoms with E-state index in [0.717, 1.165) is 18.4 Å². The van der Waals surface area contributed by atoms with Crippen molar-refractivity contribution in [1.82, 2.24) is 4.90 Å². The maximum absolute atomic E-state index is 14.1. The molecule has 0 aromatic heterocycles. The first-order valence-electron chi connectivity index (χ1n) is 25.5. The fraction of sp³-hybridized carbons (Fsp3) is 0.759. The first-order valence-corrected chi connectivity index (χ1v) is 25.5. The SMILES string of the molecule is CCC(OC1COC1)/C(C)=C/C=C/C=C[C@@H](C)CC(C)C(=O)[C@@](C)(OC)C(O)/C(C)=C/CC(=O)C[C@H](OC(=O)C1CCCCN1C(=O)C(=O)C1(O)OCCCC1C)[C@H](C)C[C@@H]1CCC(O)[C@H](OC)C1. The minimum Gasteiger partial charge on any atom is -0.460 e. The van der Waals surface area contributed by atoms with Gasteiger partial charge in [0.2, 0.25) is 5.79 Å². The van der Waals surface area contributed by atoms with E-state index in [1.165, 1.54) is 12.0 Å². The van der Waals surface area contributed by atoms with Crippen LogP contribution in [0.3, 0.4) is 0 Å². The highest BCUT2D eigenvalue weighted by Crippen LogP contribution is 2.35. The van der Waals surface area contributed by atoms with Crippen molar-refractivity contribution in [3.8, 4) is 0 Å². The quantitative estimate of drug-likeness (QED) is 0.0356. The van der Waals surface area contributed by atoms with Crippen LogP contribution >= 0.6 is 0 Å². The number of ether oxygens (including phenoxy) is 6. The summed E-state index contributed by atoms with van der Waals surface area (Å²) in [5.74, 6) is -6.91. The molecule has 4 rings (SSSR count). The number of piperidine rings is 1. The minimum atomic E-state index is -2.28. The van der Waals surface area contributed by atoms with E-state index in [0.29, 0.717) is 70.2 Å². The summed E-state index contributed by atoms with van der Waals surface area (Å²) in [4.78, 5) is 70.4. The second-order valence-electron chi connectivity index (χ2n) is 20.6. The standard InChI is InChI=1S/C54H85NO14/c1-11-45(68-42-32-66-33-42)35(3)19-14-12-13-18-34(2)28-38(6)49(59)53(8,65-10)48(58)36(4)22-24-41(56)31-46(37(5)29-40-23-25-44(57)47(30-40)64-9)69-52(62)43-21-15-16-26-55(43)51(61)50(60)54(63)39(7)20-17-27-67-54/h12-14,18-19,22,34,37-40,42-48,57-58,63H,11,15-17,20-21,23-33H2,1-10H3/b14-12+,18-13?,35-19+,36-22+/t34-,37-,38?,39?,40+,43?,44?,45?,46+,47-,48?,53+,54?/m1/s1. The Morgan fingerprint density at radius 1 is 0.957 bits per heavy atom. The lowest BCUT2D eigenvalue weighted by molar-refractivity contribution is -0.241. The smallest absolute Gasteiger partial charge is 0.329 e. The molecule has 3 saturated heterocycles. The second kappa shape index (κ2) is 27.4. The normalized spacial score (nSPS) is 28.8. The van der Waals surface area contributed by atoms with Crippen molar-refractivity contribution in [2.75, 3.05) is 40.6 Å². The Hall–Kier alpha value is -3.41. The zero-order chi connectivity index (χ0) is 51.1. The highest BCUT2D eigenvalue weighted by Gasteiger charge is 2.51. The number of hydrogen-bond donors (Lipinski definition) is 3. The van der Waals surface area contributed by atoms with Gasteiger partial charge in [-0.2, -0.15) is 0 Å². The highest BCUT2D eigenvalue weighted by atomic mass is 16.6. The van der Waals surface area contributed by atoms with Gasteiger partial charge in [0.05, 0.1) is 38.1 Å². The third-order valence-corrected chi connectivity index (χ3v) is 15.1. The number of methoxy groups -OCH3 is 2. The van der Waals surface area contributed by atoms with Gasteiger partial charge in [0.15, 0.2) is 11.4 Å². The third-order valence-electron chi connectivity index (χ3n) is 15.1. The van der Waals surface area contributed by atoms with Gasteiger partial charge in [0, 0.05) is 45.4 Å². The molecule has 3 N–H and O–H groups in total. The molecule has 0 aromatic rings. The summed E-state index contributed by atoms with van der Waals surface area (Å²) in [6.07, 6.45) is 14.6. The Balaban J connectivity index is 1.42. The number of allylic oxidation sites excluding steroid dienone is 6. The van der Waals surface area contributed by atoms with Gasteiger partial charge < -0.3 is 48.6 Å². The van der Waals surface area contributed by atoms with Crippen LogP contribution in [0, 0.1) is 29.6 Å². The number of ketones is 3. The molecule has 3 aliphatic heterocycles. The predicted molar refractivity (Wildman–Crippen MR) is 261 cm³/mol. The van der Waals surface area contributed by atoms with E-state index in [-0.39, 0.29) is 80.0 Å². The van der Waals surface area contributed by atoms with Crippen molar-refractivity contribution in [3.63, 3.8) is 0 Å². The number of amides is 1.